The van der Waals surface area contributed by atoms with E-state index in [1.54, 1.807) is 4.90 Å². The Hall–Kier alpha value is -1.66. The molecule has 1 heterocycles. The lowest BCUT2D eigenvalue weighted by Crippen LogP contribution is -2.38. The minimum Gasteiger partial charge on any atom is -0.358 e. The van der Waals surface area contributed by atoms with Gasteiger partial charge in [0.05, 0.1) is 0 Å². The van der Waals surface area contributed by atoms with Crippen molar-refractivity contribution in [2.75, 3.05) is 20.1 Å². The molecule has 0 amide bonds. The summed E-state index contributed by atoms with van der Waals surface area (Å²) in [7, 11) is 1.45. The van der Waals surface area contributed by atoms with Crippen LogP contribution in [0.25, 0.3) is 0 Å². The van der Waals surface area contributed by atoms with Crippen molar-refractivity contribution in [1.82, 2.24) is 4.90 Å². The number of amidine groups is 2. The summed E-state index contributed by atoms with van der Waals surface area (Å²) in [6, 6.07) is 0. The van der Waals surface area contributed by atoms with Crippen molar-refractivity contribution >= 4 is 11.7 Å². The molecule has 7 nitrogen and oxygen atoms in total. The molecular weight excluding hydrogens is 188 g/mol. The second kappa shape index (κ2) is 4.54. The summed E-state index contributed by atoms with van der Waals surface area (Å²) in [6.07, 6.45) is 1.96. The molecule has 1 aliphatic rings. The Kier molecular flexibility index (Phi) is 3.38. The topological polar surface area (TPSA) is 91.3 Å². The number of rotatable bonds is 0. The van der Waals surface area contributed by atoms with E-state index in [1.807, 2.05) is 0 Å². The normalized spacial score (nSPS) is 18.8. The largest absolute Gasteiger partial charge is 0.451 e. The van der Waals surface area contributed by atoms with E-state index in [9.17, 15) is 10.1 Å². The Labute approximate surface area is 80.9 Å². The summed E-state index contributed by atoms with van der Waals surface area (Å²) < 4.78 is 0. The second-order valence-corrected chi connectivity index (χ2v) is 2.92. The standard InChI is InChI=1S/C7H12N4O3/c1-8-6(7(9-12)11(13)14)10-4-2-3-5-10/h12H,2-5H2,1H3/b8-6?,9-7-. The highest BCUT2D eigenvalue weighted by Gasteiger charge is 2.29. The molecule has 1 saturated heterocycles. The minimum absolute atomic E-state index is 0.148. The fraction of sp³-hybridized carbons (Fsp3) is 0.714. The molecule has 1 fully saturated rings. The van der Waals surface area contributed by atoms with Crippen LogP contribution in [-0.2, 0) is 0 Å². The van der Waals surface area contributed by atoms with Gasteiger partial charge in [0, 0.05) is 20.1 Å². The zero-order valence-corrected chi connectivity index (χ0v) is 7.88. The van der Waals surface area contributed by atoms with Gasteiger partial charge in [-0.1, -0.05) is 0 Å². The van der Waals surface area contributed by atoms with E-state index in [4.69, 9.17) is 5.21 Å². The summed E-state index contributed by atoms with van der Waals surface area (Å²) in [5.74, 6) is -0.440. The number of likely N-dealkylation sites (tertiary alicyclic amines) is 1. The monoisotopic (exact) mass is 200 g/mol. The van der Waals surface area contributed by atoms with Gasteiger partial charge in [0.25, 0.3) is 0 Å². The SMILES string of the molecule is CN=C(/C(=N/O)[N+](=O)[O-])N1CCCC1. The number of nitrogens with zero attached hydrogens (tertiary/aromatic N) is 4. The molecule has 0 aromatic heterocycles. The molecule has 0 bridgehead atoms. The molecule has 1 N–H and O–H groups in total. The number of nitro groups is 1. The Morgan fingerprint density at radius 2 is 2.07 bits per heavy atom. The number of aliphatic imine (C=N–C) groups is 1. The van der Waals surface area contributed by atoms with Crippen molar-refractivity contribution in [2.45, 2.75) is 12.8 Å². The van der Waals surface area contributed by atoms with Crippen molar-refractivity contribution in [3.8, 4) is 0 Å². The summed E-state index contributed by atoms with van der Waals surface area (Å²) in [6.45, 7) is 1.44. The van der Waals surface area contributed by atoms with Crippen LogP contribution in [0, 0.1) is 10.1 Å². The third-order valence-electron chi connectivity index (χ3n) is 2.09. The first kappa shape index (κ1) is 10.4. The predicted molar refractivity (Wildman–Crippen MR) is 50.4 cm³/mol. The first-order valence-corrected chi connectivity index (χ1v) is 4.29. The third-order valence-corrected chi connectivity index (χ3v) is 2.09. The molecule has 0 radical (unpaired) electrons. The Bertz CT molecular complexity index is 281. The van der Waals surface area contributed by atoms with Crippen LogP contribution in [0.4, 0.5) is 0 Å². The first-order chi connectivity index (χ1) is 6.70. The average Bonchev–Trinajstić information content (AvgIpc) is 2.65. The predicted octanol–water partition coefficient (Wildman–Crippen LogP) is 0.175. The first-order valence-electron chi connectivity index (χ1n) is 4.29. The fourth-order valence-electron chi connectivity index (χ4n) is 1.47. The van der Waals surface area contributed by atoms with Crippen LogP contribution < -0.4 is 0 Å². The maximum Gasteiger partial charge on any atom is 0.451 e. The summed E-state index contributed by atoms with van der Waals surface area (Å²) in [5, 5.41) is 21.6. The van der Waals surface area contributed by atoms with Crippen LogP contribution in [0.1, 0.15) is 12.8 Å². The van der Waals surface area contributed by atoms with Crippen LogP contribution in [0.3, 0.4) is 0 Å². The van der Waals surface area contributed by atoms with E-state index in [-0.39, 0.29) is 5.84 Å². The van der Waals surface area contributed by atoms with Crippen molar-refractivity contribution in [3.63, 3.8) is 0 Å². The highest BCUT2D eigenvalue weighted by Crippen LogP contribution is 2.09. The van der Waals surface area contributed by atoms with Crippen LogP contribution >= 0.6 is 0 Å². The van der Waals surface area contributed by atoms with Crippen LogP contribution in [0.15, 0.2) is 10.1 Å². The zero-order valence-electron chi connectivity index (χ0n) is 7.88. The molecule has 0 aromatic rings. The fourth-order valence-corrected chi connectivity index (χ4v) is 1.47. The van der Waals surface area contributed by atoms with Gasteiger partial charge >= 0.3 is 5.84 Å². The molecule has 7 heteroatoms. The van der Waals surface area contributed by atoms with Crippen molar-refractivity contribution < 1.29 is 10.1 Å². The Balaban J connectivity index is 2.85. The van der Waals surface area contributed by atoms with E-state index < -0.39 is 10.8 Å². The molecule has 14 heavy (non-hydrogen) atoms. The maximum atomic E-state index is 10.5. The summed E-state index contributed by atoms with van der Waals surface area (Å²) >= 11 is 0. The van der Waals surface area contributed by atoms with Gasteiger partial charge in [-0.15, -0.1) is 0 Å². The third kappa shape index (κ3) is 1.98. The average molecular weight is 200 g/mol. The van der Waals surface area contributed by atoms with Crippen molar-refractivity contribution in [1.29, 1.82) is 0 Å². The van der Waals surface area contributed by atoms with Gasteiger partial charge in [0.1, 0.15) is 0 Å². The van der Waals surface area contributed by atoms with E-state index in [0.717, 1.165) is 25.9 Å². The van der Waals surface area contributed by atoms with Gasteiger partial charge in [0.2, 0.25) is 5.84 Å². The van der Waals surface area contributed by atoms with Gasteiger partial charge in [0.15, 0.2) is 5.16 Å². The molecule has 0 aliphatic carbocycles. The van der Waals surface area contributed by atoms with Gasteiger partial charge in [-0.05, 0) is 17.8 Å². The Morgan fingerprint density at radius 3 is 2.43 bits per heavy atom. The zero-order chi connectivity index (χ0) is 10.6. The highest BCUT2D eigenvalue weighted by molar-refractivity contribution is 6.36. The number of oxime groups is 1. The van der Waals surface area contributed by atoms with Gasteiger partial charge < -0.3 is 20.2 Å². The lowest BCUT2D eigenvalue weighted by atomic mass is 10.4. The quantitative estimate of drug-likeness (QED) is 0.198. The molecule has 1 rings (SSSR count). The highest BCUT2D eigenvalue weighted by atomic mass is 16.6. The van der Waals surface area contributed by atoms with Gasteiger partial charge in [-0.2, -0.15) is 0 Å². The summed E-state index contributed by atoms with van der Waals surface area (Å²) in [5.41, 5.74) is 0. The maximum absolute atomic E-state index is 10.5. The molecular formula is C7H12N4O3. The molecule has 0 atom stereocenters. The molecule has 0 unspecified atom stereocenters. The van der Waals surface area contributed by atoms with Crippen LogP contribution in [0.5, 0.6) is 0 Å². The number of hydrogen-bond acceptors (Lipinski definition) is 5. The lowest BCUT2D eigenvalue weighted by molar-refractivity contribution is -0.348. The second-order valence-electron chi connectivity index (χ2n) is 2.92. The van der Waals surface area contributed by atoms with Crippen LogP contribution in [0.2, 0.25) is 0 Å². The molecule has 0 aromatic carbocycles. The molecule has 0 spiro atoms. The van der Waals surface area contributed by atoms with E-state index in [1.165, 1.54) is 7.05 Å². The van der Waals surface area contributed by atoms with E-state index in [2.05, 4.69) is 10.1 Å². The van der Waals surface area contributed by atoms with Crippen LogP contribution in [-0.4, -0.2) is 46.8 Å². The van der Waals surface area contributed by atoms with Gasteiger partial charge in [-0.3, -0.25) is 4.99 Å². The minimum atomic E-state index is -0.735. The van der Waals surface area contributed by atoms with E-state index >= 15 is 0 Å². The van der Waals surface area contributed by atoms with Crippen molar-refractivity contribution in [3.05, 3.63) is 10.1 Å². The Morgan fingerprint density at radius 1 is 1.50 bits per heavy atom. The number of hydrogen-bond donors (Lipinski definition) is 1. The smallest absolute Gasteiger partial charge is 0.358 e. The lowest BCUT2D eigenvalue weighted by Gasteiger charge is -2.15. The molecule has 0 saturated carbocycles. The molecule has 78 valence electrons. The van der Waals surface area contributed by atoms with Gasteiger partial charge in [-0.25, -0.2) is 0 Å². The van der Waals surface area contributed by atoms with Crippen molar-refractivity contribution in [2.24, 2.45) is 10.1 Å². The summed E-state index contributed by atoms with van der Waals surface area (Å²) in [4.78, 5) is 15.3. The molecule has 1 aliphatic heterocycles. The van der Waals surface area contributed by atoms with E-state index in [0.29, 0.717) is 0 Å².